The summed E-state index contributed by atoms with van der Waals surface area (Å²) < 4.78 is 7.91. The fourth-order valence-electron chi connectivity index (χ4n) is 6.46. The van der Waals surface area contributed by atoms with Crippen LogP contribution in [0.3, 0.4) is 0 Å². The molecule has 4 heterocycles. The first-order valence-electron chi connectivity index (χ1n) is 15.3. The van der Waals surface area contributed by atoms with E-state index < -0.39 is 0 Å². The second-order valence-corrected chi connectivity index (χ2v) is 11.4. The number of fused-ring (bicyclic) bond motifs is 1. The molecule has 1 amide bonds. The highest BCUT2D eigenvalue weighted by Crippen LogP contribution is 2.32. The molecule has 3 unspecified atom stereocenters. The van der Waals surface area contributed by atoms with E-state index >= 15 is 0 Å². The highest BCUT2D eigenvalue weighted by molar-refractivity contribution is 6.41. The second kappa shape index (κ2) is 13.4. The molecule has 0 spiro atoms. The van der Waals surface area contributed by atoms with Crippen molar-refractivity contribution in [2.75, 3.05) is 39.9 Å². The van der Waals surface area contributed by atoms with E-state index in [2.05, 4.69) is 105 Å². The Bertz CT molecular complexity index is 1540. The van der Waals surface area contributed by atoms with Gasteiger partial charge in [-0.05, 0) is 41.3 Å². The number of aliphatic imine (C=N–C) groups is 1. The van der Waals surface area contributed by atoms with Crippen LogP contribution in [-0.2, 0) is 16.0 Å². The molecule has 0 bridgehead atoms. The molecule has 0 radical (unpaired) electrons. The number of hydrogen-bond donors (Lipinski definition) is 1. The fourth-order valence-corrected chi connectivity index (χ4v) is 6.46. The number of rotatable bonds is 9. The molecule has 6 rings (SSSR count). The number of carbonyl (C=O) groups is 1. The molecule has 1 N–H and O–H groups in total. The molecule has 3 atom stereocenters. The molecule has 2 aromatic carbocycles. The van der Waals surface area contributed by atoms with Crippen molar-refractivity contribution < 1.29 is 14.1 Å². The molecular weight excluding hydrogens is 534 g/mol. The number of hydrogen-bond acceptors (Lipinski definition) is 5. The molecule has 3 aliphatic rings. The summed E-state index contributed by atoms with van der Waals surface area (Å²) in [5, 5.41) is 3.24. The smallest absolute Gasteiger partial charge is 0.266 e. The third kappa shape index (κ3) is 6.28. The standard InChI is InChI=1S/C36H39N5O2/c1-3-8-26-12-14-28(15-13-26)35-30(27-9-5-4-6-10-27)23-31-32(40(35)2)16-18-38-34(31)36(42)39-25-33(29-11-7-17-37-24-29)41-19-21-43-22-20-41/h4-7,9-18,23-24,31-33H,3,8,19-22,25H2,1-2H3/p+1. The minimum atomic E-state index is -0.187. The van der Waals surface area contributed by atoms with E-state index in [1.54, 1.807) is 12.4 Å². The maximum Gasteiger partial charge on any atom is 0.266 e. The van der Waals surface area contributed by atoms with Gasteiger partial charge >= 0.3 is 0 Å². The van der Waals surface area contributed by atoms with Gasteiger partial charge < -0.3 is 10.1 Å². The van der Waals surface area contributed by atoms with Crippen LogP contribution >= 0.6 is 0 Å². The third-order valence-electron chi connectivity index (χ3n) is 8.68. The zero-order valence-corrected chi connectivity index (χ0v) is 25.0. The van der Waals surface area contributed by atoms with Gasteiger partial charge in [0.2, 0.25) is 5.71 Å². The molecule has 7 heteroatoms. The quantitative estimate of drug-likeness (QED) is 0.376. The summed E-state index contributed by atoms with van der Waals surface area (Å²) in [4.78, 5) is 25.3. The largest absolute Gasteiger partial charge is 0.379 e. The Morgan fingerprint density at radius 1 is 1.05 bits per heavy atom. The van der Waals surface area contributed by atoms with Crippen LogP contribution in [0.2, 0.25) is 0 Å². The lowest BCUT2D eigenvalue weighted by molar-refractivity contribution is -0.529. The molecule has 43 heavy (non-hydrogen) atoms. The SMILES string of the molecule is CCCc1ccc(C2=[N+](C)C3C=CN=C(C(=O)NCC(c4cccnc4)N4CCOCC4)C3C=C2c2ccccc2)cc1. The number of ether oxygens (including phenoxy) is 1. The van der Waals surface area contributed by atoms with Crippen LogP contribution in [-0.4, -0.2) is 77.7 Å². The van der Waals surface area contributed by atoms with Gasteiger partial charge in [0, 0.05) is 49.9 Å². The first-order valence-corrected chi connectivity index (χ1v) is 15.3. The number of pyridine rings is 1. The predicted molar refractivity (Wildman–Crippen MR) is 171 cm³/mol. The van der Waals surface area contributed by atoms with Crippen molar-refractivity contribution >= 4 is 22.9 Å². The van der Waals surface area contributed by atoms with E-state index in [-0.39, 0.29) is 23.9 Å². The summed E-state index contributed by atoms with van der Waals surface area (Å²) in [5.74, 6) is -0.320. The van der Waals surface area contributed by atoms with Gasteiger partial charge in [-0.15, -0.1) is 0 Å². The van der Waals surface area contributed by atoms with E-state index in [1.807, 2.05) is 18.3 Å². The maximum atomic E-state index is 13.9. The van der Waals surface area contributed by atoms with Crippen molar-refractivity contribution in [3.63, 3.8) is 0 Å². The molecule has 0 saturated carbocycles. The number of nitrogens with zero attached hydrogens (tertiary/aromatic N) is 4. The Kier molecular flexibility index (Phi) is 9.01. The van der Waals surface area contributed by atoms with Gasteiger partial charge in [-0.3, -0.25) is 19.7 Å². The molecule has 1 aromatic heterocycles. The highest BCUT2D eigenvalue weighted by atomic mass is 16.5. The monoisotopic (exact) mass is 574 g/mol. The minimum absolute atomic E-state index is 0.0112. The van der Waals surface area contributed by atoms with Crippen molar-refractivity contribution in [3.05, 3.63) is 120 Å². The van der Waals surface area contributed by atoms with Crippen molar-refractivity contribution in [2.24, 2.45) is 10.9 Å². The average molecular weight is 575 g/mol. The van der Waals surface area contributed by atoms with Gasteiger partial charge in [-0.2, -0.15) is 0 Å². The van der Waals surface area contributed by atoms with Crippen LogP contribution < -0.4 is 5.32 Å². The summed E-state index contributed by atoms with van der Waals surface area (Å²) in [6, 6.07) is 23.4. The number of allylic oxidation sites excluding steroid dienone is 1. The number of likely N-dealkylation sites (N-methyl/N-ethyl adjacent to an activating group) is 1. The summed E-state index contributed by atoms with van der Waals surface area (Å²) in [7, 11) is 2.13. The lowest BCUT2D eigenvalue weighted by Gasteiger charge is -2.35. The molecule has 3 aromatic rings. The van der Waals surface area contributed by atoms with Gasteiger partial charge in [-0.25, -0.2) is 4.58 Å². The van der Waals surface area contributed by atoms with Crippen molar-refractivity contribution in [3.8, 4) is 0 Å². The molecule has 220 valence electrons. The summed E-state index contributed by atoms with van der Waals surface area (Å²) in [6.45, 7) is 5.68. The predicted octanol–water partition coefficient (Wildman–Crippen LogP) is 4.71. The van der Waals surface area contributed by atoms with Crippen LogP contribution in [0.15, 0.2) is 102 Å². The number of aromatic nitrogens is 1. The summed E-state index contributed by atoms with van der Waals surface area (Å²) in [5.41, 5.74) is 7.54. The topological polar surface area (TPSA) is 69.8 Å². The van der Waals surface area contributed by atoms with Crippen LogP contribution in [0.4, 0.5) is 0 Å². The van der Waals surface area contributed by atoms with Crippen molar-refractivity contribution in [1.29, 1.82) is 0 Å². The zero-order chi connectivity index (χ0) is 29.6. The zero-order valence-electron chi connectivity index (χ0n) is 25.0. The number of aryl methyl sites for hydroxylation is 1. The van der Waals surface area contributed by atoms with Gasteiger partial charge in [0.1, 0.15) is 12.8 Å². The van der Waals surface area contributed by atoms with E-state index in [9.17, 15) is 4.79 Å². The number of amides is 1. The van der Waals surface area contributed by atoms with Crippen molar-refractivity contribution in [1.82, 2.24) is 15.2 Å². The van der Waals surface area contributed by atoms with E-state index in [1.165, 1.54) is 11.1 Å². The first-order chi connectivity index (χ1) is 21.1. The highest BCUT2D eigenvalue weighted by Gasteiger charge is 2.42. The summed E-state index contributed by atoms with van der Waals surface area (Å²) in [6.07, 6.45) is 12.0. The molecule has 7 nitrogen and oxygen atoms in total. The first kappa shape index (κ1) is 28.9. The Labute approximate surface area is 254 Å². The lowest BCUT2D eigenvalue weighted by atomic mass is 9.81. The Morgan fingerprint density at radius 3 is 2.56 bits per heavy atom. The van der Waals surface area contributed by atoms with Crippen LogP contribution in [0, 0.1) is 5.92 Å². The van der Waals surface area contributed by atoms with Crippen LogP contribution in [0.25, 0.3) is 5.57 Å². The minimum Gasteiger partial charge on any atom is -0.379 e. The molecule has 1 fully saturated rings. The van der Waals surface area contributed by atoms with Crippen LogP contribution in [0.5, 0.6) is 0 Å². The van der Waals surface area contributed by atoms with E-state index in [0.29, 0.717) is 25.5 Å². The normalized spacial score (nSPS) is 21.1. The Morgan fingerprint density at radius 2 is 1.84 bits per heavy atom. The maximum absolute atomic E-state index is 13.9. The fraction of sp³-hybridized carbons (Fsp3) is 0.333. The number of benzene rings is 2. The number of carbonyl (C=O) groups excluding carboxylic acids is 1. The second-order valence-electron chi connectivity index (χ2n) is 11.4. The molecule has 1 saturated heterocycles. The van der Waals surface area contributed by atoms with Gasteiger partial charge in [-0.1, -0.05) is 68.0 Å². The number of nitrogens with one attached hydrogen (secondary N) is 1. The number of morpholine rings is 1. The van der Waals surface area contributed by atoms with Crippen molar-refractivity contribution in [2.45, 2.75) is 31.8 Å². The van der Waals surface area contributed by atoms with Gasteiger partial charge in [0.05, 0.1) is 30.7 Å². The van der Waals surface area contributed by atoms with Gasteiger partial charge in [0.25, 0.3) is 5.91 Å². The Hall–Kier alpha value is -4.20. The third-order valence-corrected chi connectivity index (χ3v) is 8.68. The van der Waals surface area contributed by atoms with E-state index in [0.717, 1.165) is 48.3 Å². The Balaban J connectivity index is 1.29. The van der Waals surface area contributed by atoms with Gasteiger partial charge in [0.15, 0.2) is 6.04 Å². The average Bonchev–Trinajstić information content (AvgIpc) is 3.06. The lowest BCUT2D eigenvalue weighted by Crippen LogP contribution is -2.49. The van der Waals surface area contributed by atoms with E-state index in [4.69, 9.17) is 4.74 Å². The van der Waals surface area contributed by atoms with Crippen LogP contribution in [0.1, 0.15) is 41.6 Å². The molecule has 3 aliphatic heterocycles. The molecule has 0 aliphatic carbocycles. The molecular formula is C36H40N5O2+. The summed E-state index contributed by atoms with van der Waals surface area (Å²) >= 11 is 0.